The molecule has 0 amide bonds. The number of methoxy groups -OCH3 is 1. The number of benzene rings is 2. The molecule has 1 N–H and O–H groups in total. The first kappa shape index (κ1) is 13.9. The van der Waals surface area contributed by atoms with Crippen molar-refractivity contribution in [2.75, 3.05) is 12.4 Å². The van der Waals surface area contributed by atoms with Gasteiger partial charge in [-0.2, -0.15) is 0 Å². The molecule has 21 heavy (non-hydrogen) atoms. The summed E-state index contributed by atoms with van der Waals surface area (Å²) in [6, 6.07) is 14.1. The van der Waals surface area contributed by atoms with Gasteiger partial charge in [-0.1, -0.05) is 24.3 Å². The maximum Gasteiger partial charge on any atom is 0.165 e. The maximum absolute atomic E-state index is 13.7. The van der Waals surface area contributed by atoms with E-state index in [0.29, 0.717) is 11.8 Å². The predicted molar refractivity (Wildman–Crippen MR) is 83.4 cm³/mol. The number of halogens is 1. The van der Waals surface area contributed by atoms with Gasteiger partial charge < -0.3 is 10.1 Å². The van der Waals surface area contributed by atoms with Crippen LogP contribution in [0.2, 0.25) is 0 Å². The standard InChI is InChI=1S/C18H20FNO/c1-21-18-11-7-13(12-16(18)19)6-9-15-10-8-14-4-2-3-5-17(14)20-15/h2-5,7,11-12,15,20H,6,8-10H2,1H3. The highest BCUT2D eigenvalue weighted by atomic mass is 19.1. The van der Waals surface area contributed by atoms with Crippen molar-refractivity contribution in [3.63, 3.8) is 0 Å². The fourth-order valence-corrected chi connectivity index (χ4v) is 2.92. The first-order valence-electron chi connectivity index (χ1n) is 7.43. The highest BCUT2D eigenvalue weighted by Gasteiger charge is 2.17. The minimum absolute atomic E-state index is 0.281. The molecule has 1 aliphatic rings. The molecule has 2 aromatic rings. The van der Waals surface area contributed by atoms with Crippen molar-refractivity contribution in [3.8, 4) is 5.75 Å². The molecule has 2 nitrogen and oxygen atoms in total. The summed E-state index contributed by atoms with van der Waals surface area (Å²) in [6.45, 7) is 0. The molecule has 0 bridgehead atoms. The van der Waals surface area contributed by atoms with Gasteiger partial charge in [0.05, 0.1) is 7.11 Å². The van der Waals surface area contributed by atoms with Crippen LogP contribution in [0.15, 0.2) is 42.5 Å². The second-order valence-corrected chi connectivity index (χ2v) is 5.54. The van der Waals surface area contributed by atoms with Crippen LogP contribution in [0.3, 0.4) is 0 Å². The van der Waals surface area contributed by atoms with Crippen molar-refractivity contribution in [2.45, 2.75) is 31.7 Å². The molecular weight excluding hydrogens is 265 g/mol. The van der Waals surface area contributed by atoms with Crippen LogP contribution in [0.5, 0.6) is 5.75 Å². The summed E-state index contributed by atoms with van der Waals surface area (Å²) in [7, 11) is 1.49. The van der Waals surface area contributed by atoms with Gasteiger partial charge in [0.2, 0.25) is 0 Å². The van der Waals surface area contributed by atoms with Crippen LogP contribution < -0.4 is 10.1 Å². The van der Waals surface area contributed by atoms with Crippen molar-refractivity contribution in [1.29, 1.82) is 0 Å². The van der Waals surface area contributed by atoms with Crippen LogP contribution in [-0.4, -0.2) is 13.2 Å². The van der Waals surface area contributed by atoms with Crippen LogP contribution in [0, 0.1) is 5.82 Å². The van der Waals surface area contributed by atoms with E-state index in [1.54, 1.807) is 12.1 Å². The first-order valence-corrected chi connectivity index (χ1v) is 7.43. The molecule has 1 heterocycles. The van der Waals surface area contributed by atoms with Crippen LogP contribution in [0.1, 0.15) is 24.0 Å². The molecule has 0 saturated carbocycles. The Kier molecular flexibility index (Phi) is 4.09. The fourth-order valence-electron chi connectivity index (χ4n) is 2.92. The van der Waals surface area contributed by atoms with Crippen LogP contribution >= 0.6 is 0 Å². The van der Waals surface area contributed by atoms with Gasteiger partial charge in [0.1, 0.15) is 0 Å². The number of nitrogens with one attached hydrogen (secondary N) is 1. The van der Waals surface area contributed by atoms with Crippen LogP contribution in [0.25, 0.3) is 0 Å². The molecule has 0 aromatic heterocycles. The number of rotatable bonds is 4. The Hall–Kier alpha value is -2.03. The molecule has 110 valence electrons. The van der Waals surface area contributed by atoms with E-state index in [4.69, 9.17) is 4.74 Å². The summed E-state index contributed by atoms with van der Waals surface area (Å²) in [5, 5.41) is 3.59. The molecule has 0 fully saturated rings. The lowest BCUT2D eigenvalue weighted by molar-refractivity contribution is 0.386. The van der Waals surface area contributed by atoms with E-state index in [-0.39, 0.29) is 5.82 Å². The van der Waals surface area contributed by atoms with E-state index in [0.717, 1.165) is 31.2 Å². The molecular formula is C18H20FNO. The Morgan fingerprint density at radius 2 is 2.10 bits per heavy atom. The third-order valence-corrected chi connectivity index (χ3v) is 4.14. The number of para-hydroxylation sites is 1. The lowest BCUT2D eigenvalue weighted by Gasteiger charge is -2.27. The summed E-state index contributed by atoms with van der Waals surface area (Å²) < 4.78 is 18.6. The minimum atomic E-state index is -0.281. The Balaban J connectivity index is 1.60. The van der Waals surface area contributed by atoms with E-state index in [2.05, 4.69) is 29.6 Å². The minimum Gasteiger partial charge on any atom is -0.494 e. The van der Waals surface area contributed by atoms with E-state index in [1.807, 2.05) is 6.07 Å². The number of hydrogen-bond acceptors (Lipinski definition) is 2. The number of fused-ring (bicyclic) bond motifs is 1. The Labute approximate surface area is 125 Å². The van der Waals surface area contributed by atoms with Crippen LogP contribution in [-0.2, 0) is 12.8 Å². The van der Waals surface area contributed by atoms with Crippen molar-refractivity contribution in [2.24, 2.45) is 0 Å². The number of ether oxygens (including phenoxy) is 1. The molecule has 1 unspecified atom stereocenters. The van der Waals surface area contributed by atoms with Gasteiger partial charge in [-0.05, 0) is 55.0 Å². The van der Waals surface area contributed by atoms with E-state index >= 15 is 0 Å². The largest absolute Gasteiger partial charge is 0.494 e. The zero-order chi connectivity index (χ0) is 14.7. The number of hydrogen-bond donors (Lipinski definition) is 1. The molecule has 3 rings (SSSR count). The average Bonchev–Trinajstić information content (AvgIpc) is 2.53. The highest BCUT2D eigenvalue weighted by molar-refractivity contribution is 5.53. The third kappa shape index (κ3) is 3.18. The molecule has 0 saturated heterocycles. The predicted octanol–water partition coefficient (Wildman–Crippen LogP) is 4.19. The summed E-state index contributed by atoms with van der Waals surface area (Å²) in [6.07, 6.45) is 4.14. The fraction of sp³-hybridized carbons (Fsp3) is 0.333. The lowest BCUT2D eigenvalue weighted by atomic mass is 9.94. The third-order valence-electron chi connectivity index (χ3n) is 4.14. The Morgan fingerprint density at radius 1 is 1.24 bits per heavy atom. The smallest absolute Gasteiger partial charge is 0.165 e. The van der Waals surface area contributed by atoms with Gasteiger partial charge in [-0.3, -0.25) is 0 Å². The number of aryl methyl sites for hydroxylation is 2. The van der Waals surface area contributed by atoms with Gasteiger partial charge in [0.25, 0.3) is 0 Å². The van der Waals surface area contributed by atoms with Gasteiger partial charge in [-0.15, -0.1) is 0 Å². The van der Waals surface area contributed by atoms with E-state index < -0.39 is 0 Å². The average molecular weight is 285 g/mol. The Bertz CT molecular complexity index is 626. The molecule has 0 spiro atoms. The highest BCUT2D eigenvalue weighted by Crippen LogP contribution is 2.26. The van der Waals surface area contributed by atoms with Crippen molar-refractivity contribution >= 4 is 5.69 Å². The van der Waals surface area contributed by atoms with Gasteiger partial charge >= 0.3 is 0 Å². The number of anilines is 1. The summed E-state index contributed by atoms with van der Waals surface area (Å²) in [5.41, 5.74) is 3.66. The zero-order valence-corrected chi connectivity index (χ0v) is 12.2. The van der Waals surface area contributed by atoms with Crippen molar-refractivity contribution in [1.82, 2.24) is 0 Å². The van der Waals surface area contributed by atoms with E-state index in [1.165, 1.54) is 18.4 Å². The molecule has 1 atom stereocenters. The van der Waals surface area contributed by atoms with Crippen molar-refractivity contribution < 1.29 is 9.13 Å². The summed E-state index contributed by atoms with van der Waals surface area (Å²) >= 11 is 0. The Morgan fingerprint density at radius 3 is 2.90 bits per heavy atom. The van der Waals surface area contributed by atoms with Gasteiger partial charge in [0.15, 0.2) is 11.6 Å². The monoisotopic (exact) mass is 285 g/mol. The molecule has 3 heteroatoms. The zero-order valence-electron chi connectivity index (χ0n) is 12.2. The van der Waals surface area contributed by atoms with Crippen molar-refractivity contribution in [3.05, 3.63) is 59.4 Å². The molecule has 1 aliphatic heterocycles. The first-order chi connectivity index (χ1) is 10.3. The summed E-state index contributed by atoms with van der Waals surface area (Å²) in [4.78, 5) is 0. The SMILES string of the molecule is COc1ccc(CCC2CCc3ccccc3N2)cc1F. The molecule has 0 aliphatic carbocycles. The van der Waals surface area contributed by atoms with Crippen LogP contribution in [0.4, 0.5) is 10.1 Å². The summed E-state index contributed by atoms with van der Waals surface area (Å²) in [5.74, 6) is 0.0282. The maximum atomic E-state index is 13.7. The second-order valence-electron chi connectivity index (χ2n) is 5.54. The molecule has 0 radical (unpaired) electrons. The van der Waals surface area contributed by atoms with E-state index in [9.17, 15) is 4.39 Å². The second kappa shape index (κ2) is 6.17. The topological polar surface area (TPSA) is 21.3 Å². The molecule has 2 aromatic carbocycles. The lowest BCUT2D eigenvalue weighted by Crippen LogP contribution is -2.25. The van der Waals surface area contributed by atoms with Gasteiger partial charge in [-0.25, -0.2) is 4.39 Å². The quantitative estimate of drug-likeness (QED) is 0.909. The normalized spacial score (nSPS) is 17.0. The van der Waals surface area contributed by atoms with Gasteiger partial charge in [0, 0.05) is 11.7 Å².